The molecule has 3 aromatic rings. The van der Waals surface area contributed by atoms with Crippen LogP contribution in [-0.4, -0.2) is 50.9 Å². The van der Waals surface area contributed by atoms with Gasteiger partial charge in [-0.05, 0) is 18.1 Å². The minimum Gasteiger partial charge on any atom is -0.353 e. The van der Waals surface area contributed by atoms with E-state index in [1.807, 2.05) is 22.8 Å². The summed E-state index contributed by atoms with van der Waals surface area (Å²) >= 11 is 0. The first-order chi connectivity index (χ1) is 12.7. The van der Waals surface area contributed by atoms with Gasteiger partial charge in [0.1, 0.15) is 5.52 Å². The summed E-state index contributed by atoms with van der Waals surface area (Å²) in [6.45, 7) is 1.85. The fourth-order valence-corrected chi connectivity index (χ4v) is 3.12. The minimum absolute atomic E-state index is 0.0857. The van der Waals surface area contributed by atoms with Crippen molar-refractivity contribution >= 4 is 23.0 Å². The van der Waals surface area contributed by atoms with E-state index in [0.717, 1.165) is 18.6 Å². The third-order valence-corrected chi connectivity index (χ3v) is 4.51. The van der Waals surface area contributed by atoms with Gasteiger partial charge in [0.2, 0.25) is 5.91 Å². The number of benzene rings is 1. The maximum absolute atomic E-state index is 12.6. The van der Waals surface area contributed by atoms with E-state index in [-0.39, 0.29) is 18.4 Å². The molecule has 0 bridgehead atoms. The second-order valence-electron chi connectivity index (χ2n) is 6.32. The number of piperazine rings is 1. The molecule has 7 nitrogen and oxygen atoms in total. The fraction of sp³-hybridized carbons (Fsp3) is 0.263. The van der Waals surface area contributed by atoms with E-state index in [0.29, 0.717) is 24.2 Å². The van der Waals surface area contributed by atoms with Gasteiger partial charge in [-0.3, -0.25) is 9.59 Å². The molecule has 0 unspecified atom stereocenters. The maximum atomic E-state index is 12.6. The van der Waals surface area contributed by atoms with Crippen LogP contribution in [0.5, 0.6) is 0 Å². The van der Waals surface area contributed by atoms with E-state index in [9.17, 15) is 9.59 Å². The van der Waals surface area contributed by atoms with Gasteiger partial charge in [0.15, 0.2) is 5.65 Å². The molecular formula is C19H19N5O2. The molecule has 1 saturated heterocycles. The number of pyridine rings is 1. The van der Waals surface area contributed by atoms with E-state index >= 15 is 0 Å². The van der Waals surface area contributed by atoms with Crippen LogP contribution in [0.15, 0.2) is 48.9 Å². The van der Waals surface area contributed by atoms with Crippen LogP contribution in [0.2, 0.25) is 0 Å². The van der Waals surface area contributed by atoms with Crippen molar-refractivity contribution in [2.75, 3.05) is 19.6 Å². The number of amides is 2. The van der Waals surface area contributed by atoms with Gasteiger partial charge in [0, 0.05) is 25.8 Å². The highest BCUT2D eigenvalue weighted by Gasteiger charge is 2.23. The van der Waals surface area contributed by atoms with Crippen molar-refractivity contribution in [3.63, 3.8) is 0 Å². The lowest BCUT2D eigenvalue weighted by Crippen LogP contribution is -2.49. The molecule has 4 rings (SSSR count). The Morgan fingerprint density at radius 2 is 2.04 bits per heavy atom. The molecule has 0 saturated carbocycles. The van der Waals surface area contributed by atoms with Crippen LogP contribution in [0, 0.1) is 0 Å². The molecule has 2 amide bonds. The van der Waals surface area contributed by atoms with Crippen LogP contribution in [-0.2, 0) is 17.8 Å². The molecule has 1 fully saturated rings. The van der Waals surface area contributed by atoms with Crippen LogP contribution in [0.25, 0.3) is 11.2 Å². The van der Waals surface area contributed by atoms with Gasteiger partial charge >= 0.3 is 0 Å². The zero-order valence-electron chi connectivity index (χ0n) is 14.3. The SMILES string of the molecule is O=C1CN(C(=O)c2cnc3c(c2)ncn3CCc2ccccc2)CCN1. The molecule has 1 N–H and O–H groups in total. The number of carbonyl (C=O) groups excluding carboxylic acids is 2. The Hall–Kier alpha value is -3.22. The Kier molecular flexibility index (Phi) is 4.35. The summed E-state index contributed by atoms with van der Waals surface area (Å²) in [6.07, 6.45) is 4.21. The van der Waals surface area contributed by atoms with Crippen molar-refractivity contribution in [3.05, 3.63) is 60.0 Å². The van der Waals surface area contributed by atoms with Crippen LogP contribution in [0.3, 0.4) is 0 Å². The second-order valence-corrected chi connectivity index (χ2v) is 6.32. The molecule has 1 aliphatic rings. The molecule has 132 valence electrons. The average Bonchev–Trinajstić information content (AvgIpc) is 3.09. The molecule has 0 aliphatic carbocycles. The summed E-state index contributed by atoms with van der Waals surface area (Å²) in [7, 11) is 0. The second kappa shape index (κ2) is 6.95. The van der Waals surface area contributed by atoms with Gasteiger partial charge in [-0.15, -0.1) is 0 Å². The lowest BCUT2D eigenvalue weighted by atomic mass is 10.1. The zero-order chi connectivity index (χ0) is 17.9. The Balaban J connectivity index is 1.51. The van der Waals surface area contributed by atoms with Crippen molar-refractivity contribution in [2.24, 2.45) is 0 Å². The standard InChI is InChI=1S/C19H19N5O2/c25-17-12-23(9-7-20-17)19(26)15-10-16-18(21-11-15)24(13-22-16)8-6-14-4-2-1-3-5-14/h1-5,10-11,13H,6-9,12H2,(H,20,25). The number of aromatic nitrogens is 3. The Bertz CT molecular complexity index is 951. The van der Waals surface area contributed by atoms with Gasteiger partial charge < -0.3 is 14.8 Å². The molecule has 2 aromatic heterocycles. The summed E-state index contributed by atoms with van der Waals surface area (Å²) in [5.41, 5.74) is 3.16. The number of hydrogen-bond acceptors (Lipinski definition) is 4. The highest BCUT2D eigenvalue weighted by Crippen LogP contribution is 2.15. The number of aryl methyl sites for hydroxylation is 2. The van der Waals surface area contributed by atoms with Gasteiger partial charge in [-0.1, -0.05) is 30.3 Å². The molecule has 0 radical (unpaired) electrons. The first kappa shape index (κ1) is 16.3. The van der Waals surface area contributed by atoms with E-state index in [1.165, 1.54) is 10.5 Å². The molecular weight excluding hydrogens is 330 g/mol. The Morgan fingerprint density at radius 3 is 2.85 bits per heavy atom. The molecule has 1 aliphatic heterocycles. The van der Waals surface area contributed by atoms with E-state index in [4.69, 9.17) is 0 Å². The molecule has 7 heteroatoms. The highest BCUT2D eigenvalue weighted by atomic mass is 16.2. The summed E-state index contributed by atoms with van der Waals surface area (Å²) in [5.74, 6) is -0.322. The smallest absolute Gasteiger partial charge is 0.256 e. The summed E-state index contributed by atoms with van der Waals surface area (Å²) < 4.78 is 1.99. The van der Waals surface area contributed by atoms with Crippen LogP contribution >= 0.6 is 0 Å². The molecule has 3 heterocycles. The fourth-order valence-electron chi connectivity index (χ4n) is 3.12. The molecule has 26 heavy (non-hydrogen) atoms. The van der Waals surface area contributed by atoms with Gasteiger partial charge in [0.25, 0.3) is 5.91 Å². The predicted octanol–water partition coefficient (Wildman–Crippen LogP) is 1.25. The third kappa shape index (κ3) is 3.28. The first-order valence-electron chi connectivity index (χ1n) is 8.61. The van der Waals surface area contributed by atoms with Gasteiger partial charge in [-0.25, -0.2) is 9.97 Å². The largest absolute Gasteiger partial charge is 0.353 e. The maximum Gasteiger partial charge on any atom is 0.256 e. The van der Waals surface area contributed by atoms with Crippen LogP contribution in [0.1, 0.15) is 15.9 Å². The van der Waals surface area contributed by atoms with Crippen molar-refractivity contribution < 1.29 is 9.59 Å². The van der Waals surface area contributed by atoms with Crippen molar-refractivity contribution in [3.8, 4) is 0 Å². The van der Waals surface area contributed by atoms with Gasteiger partial charge in [-0.2, -0.15) is 0 Å². The zero-order valence-corrected chi connectivity index (χ0v) is 14.3. The lowest BCUT2D eigenvalue weighted by Gasteiger charge is -2.26. The summed E-state index contributed by atoms with van der Waals surface area (Å²) in [4.78, 5) is 34.4. The molecule has 0 spiro atoms. The highest BCUT2D eigenvalue weighted by molar-refractivity contribution is 5.98. The Labute approximate surface area is 150 Å². The lowest BCUT2D eigenvalue weighted by molar-refractivity contribution is -0.123. The average molecular weight is 349 g/mol. The summed E-state index contributed by atoms with van der Waals surface area (Å²) in [5, 5.41) is 2.71. The van der Waals surface area contributed by atoms with Crippen LogP contribution in [0.4, 0.5) is 0 Å². The number of nitrogens with one attached hydrogen (secondary N) is 1. The number of nitrogens with zero attached hydrogens (tertiary/aromatic N) is 4. The number of carbonyl (C=O) groups is 2. The topological polar surface area (TPSA) is 80.1 Å². The molecule has 1 aromatic carbocycles. The van der Waals surface area contributed by atoms with E-state index in [2.05, 4.69) is 27.4 Å². The third-order valence-electron chi connectivity index (χ3n) is 4.51. The van der Waals surface area contributed by atoms with Crippen molar-refractivity contribution in [1.82, 2.24) is 24.8 Å². The number of fused-ring (bicyclic) bond motifs is 1. The monoisotopic (exact) mass is 349 g/mol. The van der Waals surface area contributed by atoms with Crippen molar-refractivity contribution in [2.45, 2.75) is 13.0 Å². The van der Waals surface area contributed by atoms with E-state index in [1.54, 1.807) is 18.6 Å². The number of imidazole rings is 1. The van der Waals surface area contributed by atoms with Gasteiger partial charge in [0.05, 0.1) is 18.4 Å². The number of rotatable bonds is 4. The normalized spacial score (nSPS) is 14.5. The molecule has 0 atom stereocenters. The number of hydrogen-bond donors (Lipinski definition) is 1. The first-order valence-corrected chi connectivity index (χ1v) is 8.61. The quantitative estimate of drug-likeness (QED) is 0.769. The minimum atomic E-state index is -0.187. The Morgan fingerprint density at radius 1 is 1.19 bits per heavy atom. The van der Waals surface area contributed by atoms with Crippen LogP contribution < -0.4 is 5.32 Å². The van der Waals surface area contributed by atoms with E-state index < -0.39 is 0 Å². The summed E-state index contributed by atoms with van der Waals surface area (Å²) in [6, 6.07) is 12.0. The van der Waals surface area contributed by atoms with Crippen molar-refractivity contribution in [1.29, 1.82) is 0 Å². The predicted molar refractivity (Wildman–Crippen MR) is 96.6 cm³/mol.